The lowest BCUT2D eigenvalue weighted by atomic mass is 10.0. The highest BCUT2D eigenvalue weighted by atomic mass is 16.6. The molecule has 0 saturated carbocycles. The molecular weight excluding hydrogens is 1010 g/mol. The molecule has 0 aromatic heterocycles. The van der Waals surface area contributed by atoms with E-state index < -0.39 is 6.10 Å². The molecule has 0 aliphatic rings. The van der Waals surface area contributed by atoms with Crippen LogP contribution in [0.15, 0.2) is 36.5 Å². The Bertz CT molecular complexity index is 1370. The summed E-state index contributed by atoms with van der Waals surface area (Å²) in [5, 5.41) is 0. The molecule has 0 saturated heterocycles. The number of esters is 3. The van der Waals surface area contributed by atoms with Gasteiger partial charge in [-0.1, -0.05) is 353 Å². The number of ether oxygens (including phenoxy) is 3. The molecule has 0 N–H and O–H groups in total. The Labute approximate surface area is 512 Å². The summed E-state index contributed by atoms with van der Waals surface area (Å²) in [5.41, 5.74) is 0. The molecule has 0 fully saturated rings. The Morgan fingerprint density at radius 2 is 0.439 bits per heavy atom. The van der Waals surface area contributed by atoms with Gasteiger partial charge in [-0.2, -0.15) is 0 Å². The van der Waals surface area contributed by atoms with Crippen molar-refractivity contribution in [2.75, 3.05) is 13.2 Å². The predicted molar refractivity (Wildman–Crippen MR) is 358 cm³/mol. The summed E-state index contributed by atoms with van der Waals surface area (Å²) >= 11 is 0. The van der Waals surface area contributed by atoms with Crippen LogP contribution in [0.25, 0.3) is 0 Å². The standard InChI is InChI=1S/C76H142O6/c1-4-7-10-13-16-19-22-25-28-31-33-35-36-37-38-39-40-42-43-45-48-51-54-57-60-63-66-69-75(78)81-72-73(71-80-74(77)68-65-62-59-56-53-50-47-30-27-24-21-18-15-12-9-6-3)82-76(79)70-67-64-61-58-55-52-49-46-44-41-34-32-29-26-23-20-17-14-11-8-5-2/h21,24,30-31,33,47,73H,4-20,22-23,25-29,32,34-46,48-72H2,1-3H3/b24-21-,33-31-,47-30-. The van der Waals surface area contributed by atoms with E-state index in [1.807, 2.05) is 0 Å². The second-order valence-electron chi connectivity index (χ2n) is 25.2. The molecule has 1 atom stereocenters. The fraction of sp³-hybridized carbons (Fsp3) is 0.882. The minimum absolute atomic E-state index is 0.0712. The van der Waals surface area contributed by atoms with Gasteiger partial charge in [-0.25, -0.2) is 0 Å². The number of carbonyl (C=O) groups is 3. The molecule has 0 aliphatic heterocycles. The molecule has 6 nitrogen and oxygen atoms in total. The quantitative estimate of drug-likeness (QED) is 0.0261. The fourth-order valence-corrected chi connectivity index (χ4v) is 11.3. The van der Waals surface area contributed by atoms with E-state index >= 15 is 0 Å². The van der Waals surface area contributed by atoms with Gasteiger partial charge < -0.3 is 14.2 Å². The summed E-state index contributed by atoms with van der Waals surface area (Å²) in [5.74, 6) is -0.853. The lowest BCUT2D eigenvalue weighted by Crippen LogP contribution is -2.30. The lowest BCUT2D eigenvalue weighted by Gasteiger charge is -2.18. The highest BCUT2D eigenvalue weighted by Crippen LogP contribution is 2.19. The second-order valence-corrected chi connectivity index (χ2v) is 25.2. The average Bonchev–Trinajstić information content (AvgIpc) is 3.47. The van der Waals surface area contributed by atoms with Crippen molar-refractivity contribution in [1.82, 2.24) is 0 Å². The van der Waals surface area contributed by atoms with Gasteiger partial charge in [0.25, 0.3) is 0 Å². The molecule has 0 aromatic rings. The Morgan fingerprint density at radius 3 is 0.695 bits per heavy atom. The number of carbonyl (C=O) groups excluding carboxylic acids is 3. The zero-order chi connectivity index (χ0) is 59.2. The Balaban J connectivity index is 4.26. The molecule has 0 spiro atoms. The molecule has 0 amide bonds. The Kier molecular flexibility index (Phi) is 69.1. The van der Waals surface area contributed by atoms with E-state index in [9.17, 15) is 14.4 Å². The van der Waals surface area contributed by atoms with Crippen molar-refractivity contribution in [3.8, 4) is 0 Å². The summed E-state index contributed by atoms with van der Waals surface area (Å²) in [7, 11) is 0. The van der Waals surface area contributed by atoms with Gasteiger partial charge in [0.05, 0.1) is 0 Å². The predicted octanol–water partition coefficient (Wildman–Crippen LogP) is 25.5. The summed E-state index contributed by atoms with van der Waals surface area (Å²) in [6, 6.07) is 0. The maximum atomic E-state index is 13.0. The van der Waals surface area contributed by atoms with E-state index in [4.69, 9.17) is 14.2 Å². The van der Waals surface area contributed by atoms with Crippen molar-refractivity contribution >= 4 is 17.9 Å². The maximum Gasteiger partial charge on any atom is 0.306 e. The number of hydrogen-bond donors (Lipinski definition) is 0. The van der Waals surface area contributed by atoms with E-state index in [1.54, 1.807) is 0 Å². The third-order valence-corrected chi connectivity index (χ3v) is 16.9. The van der Waals surface area contributed by atoms with Crippen LogP contribution in [0.2, 0.25) is 0 Å². The van der Waals surface area contributed by atoms with Crippen LogP contribution < -0.4 is 0 Å². The third-order valence-electron chi connectivity index (χ3n) is 16.9. The van der Waals surface area contributed by atoms with Crippen LogP contribution in [0.1, 0.15) is 412 Å². The minimum atomic E-state index is -0.777. The molecule has 0 aromatic carbocycles. The van der Waals surface area contributed by atoms with Crippen molar-refractivity contribution in [2.24, 2.45) is 0 Å². The van der Waals surface area contributed by atoms with E-state index in [1.165, 1.54) is 295 Å². The zero-order valence-electron chi connectivity index (χ0n) is 55.5. The molecular formula is C76H142O6. The van der Waals surface area contributed by atoms with Crippen molar-refractivity contribution in [3.63, 3.8) is 0 Å². The monoisotopic (exact) mass is 1150 g/mol. The topological polar surface area (TPSA) is 78.9 Å². The molecule has 0 heterocycles. The summed E-state index contributed by atoms with van der Waals surface area (Å²) in [4.78, 5) is 38.5. The first-order valence-electron chi connectivity index (χ1n) is 37.0. The van der Waals surface area contributed by atoms with Crippen LogP contribution in [-0.4, -0.2) is 37.2 Å². The van der Waals surface area contributed by atoms with Crippen LogP contribution in [0.5, 0.6) is 0 Å². The largest absolute Gasteiger partial charge is 0.462 e. The highest BCUT2D eigenvalue weighted by Gasteiger charge is 2.19. The molecule has 0 rings (SSSR count). The normalized spacial score (nSPS) is 12.2. The molecule has 1 unspecified atom stereocenters. The van der Waals surface area contributed by atoms with Gasteiger partial charge in [0, 0.05) is 19.3 Å². The van der Waals surface area contributed by atoms with E-state index in [0.29, 0.717) is 19.3 Å². The van der Waals surface area contributed by atoms with Gasteiger partial charge >= 0.3 is 17.9 Å². The van der Waals surface area contributed by atoms with Gasteiger partial charge in [-0.05, 0) is 77.0 Å². The van der Waals surface area contributed by atoms with Gasteiger partial charge in [0.2, 0.25) is 0 Å². The Morgan fingerprint density at radius 1 is 0.244 bits per heavy atom. The molecule has 0 radical (unpaired) electrons. The van der Waals surface area contributed by atoms with Crippen LogP contribution in [0.4, 0.5) is 0 Å². The lowest BCUT2D eigenvalue weighted by molar-refractivity contribution is -0.167. The van der Waals surface area contributed by atoms with Crippen LogP contribution >= 0.6 is 0 Å². The third kappa shape index (κ3) is 68.4. The number of unbranched alkanes of at least 4 members (excludes halogenated alkanes) is 52. The number of hydrogen-bond acceptors (Lipinski definition) is 6. The van der Waals surface area contributed by atoms with E-state index in [-0.39, 0.29) is 31.1 Å². The van der Waals surface area contributed by atoms with Gasteiger partial charge in [0.15, 0.2) is 6.10 Å². The van der Waals surface area contributed by atoms with Crippen molar-refractivity contribution in [1.29, 1.82) is 0 Å². The first-order chi connectivity index (χ1) is 40.5. The molecule has 482 valence electrons. The maximum absolute atomic E-state index is 13.0. The summed E-state index contributed by atoms with van der Waals surface area (Å²) in [6.45, 7) is 6.70. The van der Waals surface area contributed by atoms with Gasteiger partial charge in [0.1, 0.15) is 13.2 Å². The molecule has 0 bridgehead atoms. The van der Waals surface area contributed by atoms with Gasteiger partial charge in [-0.15, -0.1) is 0 Å². The molecule has 0 aliphatic carbocycles. The minimum Gasteiger partial charge on any atom is -0.462 e. The second kappa shape index (κ2) is 71.1. The first kappa shape index (κ1) is 79.6. The van der Waals surface area contributed by atoms with Crippen LogP contribution in [0.3, 0.4) is 0 Å². The summed E-state index contributed by atoms with van der Waals surface area (Å²) < 4.78 is 17.0. The number of rotatable bonds is 69. The SMILES string of the molecule is CCCCCC/C=C\C/C=C\CCCCCCCC(=O)OCC(COC(=O)CCCCCCCCCCCCCCCCC/C=C\CCCCCCCCCC)OC(=O)CCCCCCCCCCCCCCCCCCCCCCC. The highest BCUT2D eigenvalue weighted by molar-refractivity contribution is 5.71. The van der Waals surface area contributed by atoms with Crippen LogP contribution in [-0.2, 0) is 28.6 Å². The average molecular weight is 1150 g/mol. The first-order valence-corrected chi connectivity index (χ1v) is 37.0. The molecule has 82 heavy (non-hydrogen) atoms. The smallest absolute Gasteiger partial charge is 0.306 e. The fourth-order valence-electron chi connectivity index (χ4n) is 11.3. The Hall–Kier alpha value is -2.37. The zero-order valence-corrected chi connectivity index (χ0v) is 55.5. The van der Waals surface area contributed by atoms with Crippen molar-refractivity contribution in [2.45, 2.75) is 419 Å². The van der Waals surface area contributed by atoms with E-state index in [2.05, 4.69) is 57.2 Å². The van der Waals surface area contributed by atoms with Crippen LogP contribution in [0, 0.1) is 0 Å². The molecule has 6 heteroatoms. The van der Waals surface area contributed by atoms with Crippen molar-refractivity contribution in [3.05, 3.63) is 36.5 Å². The number of allylic oxidation sites excluding steroid dienone is 6. The van der Waals surface area contributed by atoms with Crippen molar-refractivity contribution < 1.29 is 28.6 Å². The van der Waals surface area contributed by atoms with Gasteiger partial charge in [-0.3, -0.25) is 14.4 Å². The van der Waals surface area contributed by atoms with E-state index in [0.717, 1.165) is 77.0 Å². The summed E-state index contributed by atoms with van der Waals surface area (Å²) in [6.07, 6.45) is 89.0.